The van der Waals surface area contributed by atoms with E-state index < -0.39 is 6.23 Å². The normalized spacial score (nSPS) is 13.2. The molecule has 0 spiro atoms. The first kappa shape index (κ1) is 13.6. The first-order chi connectivity index (χ1) is 8.58. The van der Waals surface area contributed by atoms with Crippen LogP contribution in [0.25, 0.3) is 10.1 Å². The van der Waals surface area contributed by atoms with Gasteiger partial charge in [0.25, 0.3) is 0 Å². The average molecular weight is 288 g/mol. The summed E-state index contributed by atoms with van der Waals surface area (Å²) in [4.78, 5) is 5.63. The third kappa shape index (κ3) is 2.32. The summed E-state index contributed by atoms with van der Waals surface area (Å²) in [6, 6.07) is 5.63. The first-order valence-electron chi connectivity index (χ1n) is 5.29. The summed E-state index contributed by atoms with van der Waals surface area (Å²) in [6.45, 7) is 0. The van der Waals surface area contributed by atoms with Crippen molar-refractivity contribution in [2.75, 3.05) is 21.3 Å². The number of methoxy groups -OCH3 is 1. The van der Waals surface area contributed by atoms with Crippen molar-refractivity contribution in [2.45, 2.75) is 6.23 Å². The lowest BCUT2D eigenvalue weighted by molar-refractivity contribution is -0.205. The smallest absolute Gasteiger partial charge is 0.165 e. The summed E-state index contributed by atoms with van der Waals surface area (Å²) >= 11 is 7.70. The fraction of sp³-hybridized carbons (Fsp3) is 0.333. The summed E-state index contributed by atoms with van der Waals surface area (Å²) in [5.74, 6) is 0.765. The van der Waals surface area contributed by atoms with Crippen molar-refractivity contribution in [2.24, 2.45) is 0 Å². The molecule has 1 atom stereocenters. The van der Waals surface area contributed by atoms with Crippen LogP contribution < -0.4 is 4.74 Å². The minimum atomic E-state index is -0.883. The van der Waals surface area contributed by atoms with Gasteiger partial charge in [0.15, 0.2) is 6.23 Å². The molecule has 0 amide bonds. The zero-order valence-corrected chi connectivity index (χ0v) is 11.9. The second kappa shape index (κ2) is 5.42. The Bertz CT molecular complexity index is 557. The number of hydroxylamine groups is 2. The van der Waals surface area contributed by atoms with Crippen LogP contribution in [0.1, 0.15) is 11.1 Å². The highest BCUT2D eigenvalue weighted by atomic mass is 35.5. The highest BCUT2D eigenvalue weighted by molar-refractivity contribution is 7.19. The molecule has 0 saturated carbocycles. The number of halogens is 1. The summed E-state index contributed by atoms with van der Waals surface area (Å²) in [5, 5.41) is 12.9. The van der Waals surface area contributed by atoms with Crippen molar-refractivity contribution in [3.63, 3.8) is 0 Å². The van der Waals surface area contributed by atoms with E-state index in [0.29, 0.717) is 9.90 Å². The van der Waals surface area contributed by atoms with Crippen LogP contribution >= 0.6 is 22.9 Å². The summed E-state index contributed by atoms with van der Waals surface area (Å²) in [5.41, 5.74) is 0. The Morgan fingerprint density at radius 3 is 2.72 bits per heavy atom. The van der Waals surface area contributed by atoms with Crippen molar-refractivity contribution < 1.29 is 14.7 Å². The van der Waals surface area contributed by atoms with Gasteiger partial charge in [-0.05, 0) is 18.2 Å². The molecule has 0 bridgehead atoms. The molecule has 0 saturated heterocycles. The van der Waals surface area contributed by atoms with Crippen molar-refractivity contribution in [1.29, 1.82) is 0 Å². The largest absolute Gasteiger partial charge is 0.497 e. The van der Waals surface area contributed by atoms with Crippen LogP contribution in [0.3, 0.4) is 0 Å². The van der Waals surface area contributed by atoms with Gasteiger partial charge in [-0.1, -0.05) is 11.6 Å². The van der Waals surface area contributed by atoms with E-state index in [0.717, 1.165) is 15.8 Å². The van der Waals surface area contributed by atoms with Crippen molar-refractivity contribution in [1.82, 2.24) is 5.06 Å². The molecule has 0 aliphatic carbocycles. The highest BCUT2D eigenvalue weighted by Gasteiger charge is 2.21. The molecule has 6 heteroatoms. The number of benzene rings is 1. The summed E-state index contributed by atoms with van der Waals surface area (Å²) in [6.07, 6.45) is -0.883. The predicted octanol–water partition coefficient (Wildman–Crippen LogP) is 3.05. The Morgan fingerprint density at radius 1 is 1.39 bits per heavy atom. The fourth-order valence-corrected chi connectivity index (χ4v) is 3.20. The van der Waals surface area contributed by atoms with E-state index in [1.165, 1.54) is 23.5 Å². The number of aliphatic hydroxyl groups excluding tert-OH is 1. The lowest BCUT2D eigenvalue weighted by Crippen LogP contribution is -2.22. The van der Waals surface area contributed by atoms with Gasteiger partial charge < -0.3 is 9.84 Å². The van der Waals surface area contributed by atoms with Crippen LogP contribution in [-0.4, -0.2) is 31.4 Å². The quantitative estimate of drug-likeness (QED) is 0.693. The lowest BCUT2D eigenvalue weighted by Gasteiger charge is -2.19. The van der Waals surface area contributed by atoms with Gasteiger partial charge in [0, 0.05) is 17.1 Å². The molecular formula is C12H14ClNO3S. The maximum atomic E-state index is 10.1. The molecule has 98 valence electrons. The Balaban J connectivity index is 2.49. The average Bonchev–Trinajstić information content (AvgIpc) is 2.73. The van der Waals surface area contributed by atoms with Gasteiger partial charge in [-0.25, -0.2) is 0 Å². The molecule has 1 N–H and O–H groups in total. The van der Waals surface area contributed by atoms with E-state index in [4.69, 9.17) is 21.2 Å². The zero-order chi connectivity index (χ0) is 13.3. The van der Waals surface area contributed by atoms with Gasteiger partial charge in [0.2, 0.25) is 0 Å². The minimum absolute atomic E-state index is 0.550. The monoisotopic (exact) mass is 287 g/mol. The molecule has 1 heterocycles. The second-order valence-corrected chi connectivity index (χ2v) is 5.21. The third-order valence-corrected chi connectivity index (χ3v) is 4.44. The number of ether oxygens (including phenoxy) is 1. The minimum Gasteiger partial charge on any atom is -0.497 e. The Labute approximate surface area is 114 Å². The van der Waals surface area contributed by atoms with E-state index in [-0.39, 0.29) is 0 Å². The molecule has 0 aliphatic heterocycles. The van der Waals surface area contributed by atoms with Gasteiger partial charge in [-0.2, -0.15) is 5.06 Å². The van der Waals surface area contributed by atoms with E-state index >= 15 is 0 Å². The van der Waals surface area contributed by atoms with Crippen molar-refractivity contribution >= 4 is 33.0 Å². The van der Waals surface area contributed by atoms with Gasteiger partial charge in [0.05, 0.1) is 24.1 Å². The summed E-state index contributed by atoms with van der Waals surface area (Å²) in [7, 11) is 4.75. The highest BCUT2D eigenvalue weighted by Crippen LogP contribution is 2.40. The molecule has 2 aromatic rings. The van der Waals surface area contributed by atoms with Crippen LogP contribution in [0.4, 0.5) is 0 Å². The second-order valence-electron chi connectivity index (χ2n) is 3.74. The number of hydrogen-bond donors (Lipinski definition) is 1. The number of nitrogens with zero attached hydrogens (tertiary/aromatic N) is 1. The number of fused-ring (bicyclic) bond motifs is 1. The molecule has 4 nitrogen and oxygen atoms in total. The predicted molar refractivity (Wildman–Crippen MR) is 73.1 cm³/mol. The van der Waals surface area contributed by atoms with Gasteiger partial charge in [-0.15, -0.1) is 11.3 Å². The van der Waals surface area contributed by atoms with Gasteiger partial charge in [0.1, 0.15) is 5.75 Å². The maximum absolute atomic E-state index is 10.1. The molecule has 2 rings (SSSR count). The Morgan fingerprint density at radius 2 is 2.11 bits per heavy atom. The van der Waals surface area contributed by atoms with Crippen LogP contribution in [0, 0.1) is 0 Å². The molecule has 1 aromatic carbocycles. The SMILES string of the molecule is COc1ccc2c(Cl)c(C(O)N(C)OC)sc2c1. The molecular weight excluding hydrogens is 274 g/mol. The molecule has 1 unspecified atom stereocenters. The Kier molecular flexibility index (Phi) is 4.09. The molecule has 0 aliphatic rings. The standard InChI is InChI=1S/C12H14ClNO3S/c1-14(17-3)12(15)11-10(13)8-5-4-7(16-2)6-9(8)18-11/h4-6,12,15H,1-3H3. The lowest BCUT2D eigenvalue weighted by atomic mass is 10.2. The van der Waals surface area contributed by atoms with E-state index in [9.17, 15) is 5.11 Å². The van der Waals surface area contributed by atoms with Gasteiger partial charge >= 0.3 is 0 Å². The summed E-state index contributed by atoms with van der Waals surface area (Å²) < 4.78 is 6.14. The Hall–Kier alpha value is -0.850. The van der Waals surface area contributed by atoms with E-state index in [1.54, 1.807) is 14.2 Å². The molecule has 18 heavy (non-hydrogen) atoms. The third-order valence-electron chi connectivity index (χ3n) is 2.73. The van der Waals surface area contributed by atoms with E-state index in [2.05, 4.69) is 0 Å². The van der Waals surface area contributed by atoms with Crippen LogP contribution in [-0.2, 0) is 4.84 Å². The molecule has 1 aromatic heterocycles. The van der Waals surface area contributed by atoms with Crippen LogP contribution in [0.15, 0.2) is 18.2 Å². The number of hydrogen-bond acceptors (Lipinski definition) is 5. The number of thiophene rings is 1. The molecule has 0 fully saturated rings. The van der Waals surface area contributed by atoms with Crippen LogP contribution in [0.5, 0.6) is 5.75 Å². The van der Waals surface area contributed by atoms with Crippen LogP contribution in [0.2, 0.25) is 5.02 Å². The topological polar surface area (TPSA) is 41.9 Å². The number of rotatable bonds is 4. The van der Waals surface area contributed by atoms with E-state index in [1.807, 2.05) is 18.2 Å². The van der Waals surface area contributed by atoms with Crippen molar-refractivity contribution in [3.05, 3.63) is 28.1 Å². The van der Waals surface area contributed by atoms with Gasteiger partial charge in [-0.3, -0.25) is 4.84 Å². The maximum Gasteiger partial charge on any atom is 0.165 e. The first-order valence-corrected chi connectivity index (χ1v) is 6.49. The van der Waals surface area contributed by atoms with Crippen molar-refractivity contribution in [3.8, 4) is 5.75 Å². The molecule has 0 radical (unpaired) electrons. The number of aliphatic hydroxyl groups is 1. The zero-order valence-electron chi connectivity index (χ0n) is 10.3. The fourth-order valence-electron chi connectivity index (χ4n) is 1.62.